The van der Waals surface area contributed by atoms with Gasteiger partial charge in [-0.1, -0.05) is 23.8 Å². The monoisotopic (exact) mass is 415 g/mol. The van der Waals surface area contributed by atoms with Gasteiger partial charge >= 0.3 is 0 Å². The Hall–Kier alpha value is -3.86. The van der Waals surface area contributed by atoms with Gasteiger partial charge in [-0.2, -0.15) is 5.26 Å². The van der Waals surface area contributed by atoms with E-state index in [0.717, 1.165) is 11.1 Å². The minimum atomic E-state index is -0.997. The van der Waals surface area contributed by atoms with Gasteiger partial charge in [0, 0.05) is 29.9 Å². The molecule has 5 rings (SSSR count). The molecule has 1 saturated carbocycles. The number of hydrogen-bond acceptors (Lipinski definition) is 7. The summed E-state index contributed by atoms with van der Waals surface area (Å²) in [6, 6.07) is 9.58. The number of aromatic nitrogens is 3. The van der Waals surface area contributed by atoms with Crippen LogP contribution in [-0.2, 0) is 7.05 Å². The molecule has 2 N–H and O–H groups in total. The SMILES string of the molecule is Cc1ccc2c(c1)[C@@H](C)Oc1cc(cnc1N)-c1c(nn(C)c1C#N)OC1(CC1)C2=O. The Kier molecular flexibility index (Phi) is 4.05. The number of pyridine rings is 1. The zero-order chi connectivity index (χ0) is 21.9. The molecular weight excluding hydrogens is 394 g/mol. The number of ether oxygens (including phenoxy) is 2. The first-order valence-electron chi connectivity index (χ1n) is 10.1. The van der Waals surface area contributed by atoms with Crippen molar-refractivity contribution in [3.63, 3.8) is 0 Å². The van der Waals surface area contributed by atoms with E-state index in [9.17, 15) is 10.1 Å². The minimum Gasteiger partial charge on any atom is -0.482 e. The number of hydrogen-bond donors (Lipinski definition) is 1. The molecule has 156 valence electrons. The second-order valence-corrected chi connectivity index (χ2v) is 8.15. The number of anilines is 1. The maximum atomic E-state index is 13.6. The van der Waals surface area contributed by atoms with Gasteiger partial charge in [0.15, 0.2) is 17.2 Å². The van der Waals surface area contributed by atoms with E-state index in [1.165, 1.54) is 4.68 Å². The van der Waals surface area contributed by atoms with E-state index in [1.54, 1.807) is 19.3 Å². The summed E-state index contributed by atoms with van der Waals surface area (Å²) in [5.41, 5.74) is 8.79. The quantitative estimate of drug-likeness (QED) is 0.597. The third kappa shape index (κ3) is 2.93. The molecule has 0 amide bonds. The van der Waals surface area contributed by atoms with Crippen LogP contribution in [0.2, 0.25) is 0 Å². The maximum absolute atomic E-state index is 13.6. The molecule has 31 heavy (non-hydrogen) atoms. The molecule has 1 aromatic carbocycles. The zero-order valence-corrected chi connectivity index (χ0v) is 17.5. The van der Waals surface area contributed by atoms with Crippen molar-refractivity contribution in [2.45, 2.75) is 38.4 Å². The summed E-state index contributed by atoms with van der Waals surface area (Å²) in [6.45, 7) is 3.84. The summed E-state index contributed by atoms with van der Waals surface area (Å²) >= 11 is 0. The van der Waals surface area contributed by atoms with Gasteiger partial charge < -0.3 is 15.2 Å². The summed E-state index contributed by atoms with van der Waals surface area (Å²) in [4.78, 5) is 17.9. The molecule has 2 bridgehead atoms. The Morgan fingerprint density at radius 3 is 2.81 bits per heavy atom. The van der Waals surface area contributed by atoms with Crippen LogP contribution in [-0.4, -0.2) is 26.1 Å². The molecule has 1 atom stereocenters. The number of nitrogen functional groups attached to an aromatic ring is 1. The first-order chi connectivity index (χ1) is 14.8. The van der Waals surface area contributed by atoms with Crippen molar-refractivity contribution < 1.29 is 14.3 Å². The van der Waals surface area contributed by atoms with E-state index >= 15 is 0 Å². The van der Waals surface area contributed by atoms with Crippen LogP contribution in [0.1, 0.15) is 53.0 Å². The summed E-state index contributed by atoms with van der Waals surface area (Å²) in [6.07, 6.45) is 2.27. The van der Waals surface area contributed by atoms with Gasteiger partial charge in [0.25, 0.3) is 0 Å². The van der Waals surface area contributed by atoms with Crippen LogP contribution in [0.4, 0.5) is 5.82 Å². The van der Waals surface area contributed by atoms with Crippen LogP contribution < -0.4 is 15.2 Å². The predicted octanol–water partition coefficient (Wildman–Crippen LogP) is 3.49. The molecule has 0 unspecified atom stereocenters. The summed E-state index contributed by atoms with van der Waals surface area (Å²) in [7, 11) is 1.66. The highest BCUT2D eigenvalue weighted by molar-refractivity contribution is 6.06. The van der Waals surface area contributed by atoms with Crippen molar-refractivity contribution in [2.75, 3.05) is 5.73 Å². The second kappa shape index (κ2) is 6.57. The first kappa shape index (κ1) is 19.1. The number of Topliss-reactive ketones (excluding diaryl/α,β-unsaturated/α-hetero) is 1. The second-order valence-electron chi connectivity index (χ2n) is 8.15. The molecule has 0 saturated heterocycles. The van der Waals surface area contributed by atoms with Crippen molar-refractivity contribution in [1.82, 2.24) is 14.8 Å². The summed E-state index contributed by atoms with van der Waals surface area (Å²) < 4.78 is 13.9. The number of nitriles is 1. The molecule has 3 aromatic rings. The van der Waals surface area contributed by atoms with Crippen LogP contribution in [0, 0.1) is 18.3 Å². The van der Waals surface area contributed by atoms with Gasteiger partial charge in [-0.15, -0.1) is 5.10 Å². The molecule has 1 aliphatic heterocycles. The van der Waals surface area contributed by atoms with Crippen molar-refractivity contribution in [2.24, 2.45) is 7.05 Å². The lowest BCUT2D eigenvalue weighted by Gasteiger charge is -2.23. The topological polar surface area (TPSA) is 116 Å². The number of aryl methyl sites for hydroxylation is 2. The molecule has 1 aliphatic carbocycles. The van der Waals surface area contributed by atoms with E-state index in [1.807, 2.05) is 32.0 Å². The number of ketones is 1. The number of carbonyl (C=O) groups is 1. The molecule has 2 aliphatic rings. The Morgan fingerprint density at radius 2 is 2.10 bits per heavy atom. The standard InChI is InChI=1S/C23H21N5O3/c1-12-4-5-15-16(8-12)13(2)30-18-9-14(11-26-21(18)25)19-17(10-24)28(3)27-22(19)31-23(6-7-23)20(15)29/h4-5,8-9,11,13H,6-7H2,1-3H3,(H2,25,26)/t13-/m1/s1. The zero-order valence-electron chi connectivity index (χ0n) is 17.5. The van der Waals surface area contributed by atoms with Crippen molar-refractivity contribution >= 4 is 11.6 Å². The van der Waals surface area contributed by atoms with Crippen LogP contribution >= 0.6 is 0 Å². The summed E-state index contributed by atoms with van der Waals surface area (Å²) in [5, 5.41) is 14.1. The van der Waals surface area contributed by atoms with Crippen LogP contribution in [0.3, 0.4) is 0 Å². The minimum absolute atomic E-state index is 0.108. The lowest BCUT2D eigenvalue weighted by Crippen LogP contribution is -2.31. The number of carbonyl (C=O) groups excluding carboxylic acids is 1. The molecule has 8 nitrogen and oxygen atoms in total. The molecule has 2 aromatic heterocycles. The van der Waals surface area contributed by atoms with E-state index in [0.29, 0.717) is 41.0 Å². The van der Waals surface area contributed by atoms with Crippen LogP contribution in [0.15, 0.2) is 30.5 Å². The number of fused-ring (bicyclic) bond motifs is 5. The van der Waals surface area contributed by atoms with E-state index in [4.69, 9.17) is 15.2 Å². The van der Waals surface area contributed by atoms with Crippen LogP contribution in [0.5, 0.6) is 11.6 Å². The van der Waals surface area contributed by atoms with Crippen molar-refractivity contribution in [1.29, 1.82) is 5.26 Å². The highest BCUT2D eigenvalue weighted by Crippen LogP contribution is 2.47. The van der Waals surface area contributed by atoms with E-state index in [2.05, 4.69) is 16.2 Å². The smallest absolute Gasteiger partial charge is 0.243 e. The third-order valence-electron chi connectivity index (χ3n) is 5.89. The Balaban J connectivity index is 1.78. The number of rotatable bonds is 0. The van der Waals surface area contributed by atoms with Gasteiger partial charge in [0.05, 0.1) is 5.56 Å². The van der Waals surface area contributed by atoms with Crippen molar-refractivity contribution in [3.05, 3.63) is 52.8 Å². The Labute approximate surface area is 179 Å². The number of benzene rings is 1. The lowest BCUT2D eigenvalue weighted by atomic mass is 9.94. The average molecular weight is 415 g/mol. The fraction of sp³-hybridized carbons (Fsp3) is 0.304. The van der Waals surface area contributed by atoms with Crippen LogP contribution in [0.25, 0.3) is 11.1 Å². The van der Waals surface area contributed by atoms with E-state index in [-0.39, 0.29) is 17.5 Å². The molecule has 0 radical (unpaired) electrons. The largest absolute Gasteiger partial charge is 0.482 e. The normalized spacial score (nSPS) is 18.5. The van der Waals surface area contributed by atoms with Gasteiger partial charge in [-0.25, -0.2) is 4.98 Å². The first-order valence-corrected chi connectivity index (χ1v) is 10.1. The fourth-order valence-corrected chi connectivity index (χ4v) is 4.04. The fourth-order valence-electron chi connectivity index (χ4n) is 4.04. The Morgan fingerprint density at radius 1 is 1.32 bits per heavy atom. The predicted molar refractivity (Wildman–Crippen MR) is 113 cm³/mol. The van der Waals surface area contributed by atoms with Gasteiger partial charge in [-0.3, -0.25) is 9.48 Å². The van der Waals surface area contributed by atoms with Crippen molar-refractivity contribution in [3.8, 4) is 28.8 Å². The molecule has 8 heteroatoms. The maximum Gasteiger partial charge on any atom is 0.243 e. The van der Waals surface area contributed by atoms with E-state index < -0.39 is 11.7 Å². The Bertz CT molecular complexity index is 1280. The third-order valence-corrected chi connectivity index (χ3v) is 5.89. The van der Waals surface area contributed by atoms with Gasteiger partial charge in [0.2, 0.25) is 11.7 Å². The van der Waals surface area contributed by atoms with Gasteiger partial charge in [-0.05, 0) is 32.8 Å². The molecule has 1 spiro atoms. The highest BCUT2D eigenvalue weighted by atomic mass is 16.5. The average Bonchev–Trinajstić information content (AvgIpc) is 3.45. The highest BCUT2D eigenvalue weighted by Gasteiger charge is 2.54. The summed E-state index contributed by atoms with van der Waals surface area (Å²) in [5.74, 6) is 0.704. The molecule has 1 fully saturated rings. The molecular formula is C23H21N5O3. The number of nitrogens with two attached hydrogens (primary N) is 1. The lowest BCUT2D eigenvalue weighted by molar-refractivity contribution is 0.0731. The number of nitrogens with zero attached hydrogens (tertiary/aromatic N) is 4. The van der Waals surface area contributed by atoms with Gasteiger partial charge in [0.1, 0.15) is 17.9 Å². The molecule has 3 heterocycles.